The molecule has 52 valence electrons. The van der Waals surface area contributed by atoms with E-state index >= 15 is 0 Å². The second-order valence-corrected chi connectivity index (χ2v) is 3.25. The van der Waals surface area contributed by atoms with Gasteiger partial charge in [0.15, 0.2) is 0 Å². The molecule has 0 aromatic rings. The Morgan fingerprint density at radius 3 is 3.11 bits per heavy atom. The Balaban J connectivity index is 2.07. The highest BCUT2D eigenvalue weighted by Gasteiger charge is 2.34. The summed E-state index contributed by atoms with van der Waals surface area (Å²) in [4.78, 5) is 2.48. The Morgan fingerprint density at radius 1 is 1.44 bits per heavy atom. The second kappa shape index (κ2) is 1.96. The van der Waals surface area contributed by atoms with Crippen LogP contribution in [0.1, 0.15) is 6.42 Å². The standard InChI is InChI=1S/C7H14N2/c1-9-3-2-6-4-8-5-7(6)9/h6-8H,2-5H2,1H3/t6-,7?/m1/s1. The van der Waals surface area contributed by atoms with Gasteiger partial charge in [0.2, 0.25) is 0 Å². The quantitative estimate of drug-likeness (QED) is 0.488. The van der Waals surface area contributed by atoms with Gasteiger partial charge in [-0.15, -0.1) is 0 Å². The summed E-state index contributed by atoms with van der Waals surface area (Å²) in [6.07, 6.45) is 1.41. The van der Waals surface area contributed by atoms with E-state index in [1.807, 2.05) is 0 Å². The predicted octanol–water partition coefficient (Wildman–Crippen LogP) is -0.0901. The molecule has 0 spiro atoms. The average Bonchev–Trinajstić information content (AvgIpc) is 2.35. The van der Waals surface area contributed by atoms with E-state index in [1.165, 1.54) is 26.1 Å². The van der Waals surface area contributed by atoms with Crippen molar-refractivity contribution in [3.63, 3.8) is 0 Å². The zero-order valence-corrected chi connectivity index (χ0v) is 5.93. The van der Waals surface area contributed by atoms with Crippen molar-refractivity contribution < 1.29 is 0 Å². The van der Waals surface area contributed by atoms with Gasteiger partial charge in [-0.2, -0.15) is 0 Å². The number of rotatable bonds is 0. The largest absolute Gasteiger partial charge is 0.315 e. The van der Waals surface area contributed by atoms with E-state index in [0.717, 1.165) is 12.0 Å². The molecule has 0 aliphatic carbocycles. The smallest absolute Gasteiger partial charge is 0.0258 e. The van der Waals surface area contributed by atoms with Gasteiger partial charge in [0.25, 0.3) is 0 Å². The summed E-state index contributed by atoms with van der Waals surface area (Å²) in [5.41, 5.74) is 0. The molecule has 2 rings (SSSR count). The molecule has 0 amide bonds. The van der Waals surface area contributed by atoms with Crippen LogP contribution < -0.4 is 5.32 Å². The van der Waals surface area contributed by atoms with E-state index in [0.29, 0.717) is 0 Å². The first-order chi connectivity index (χ1) is 4.38. The normalized spacial score (nSPS) is 43.7. The number of nitrogens with zero attached hydrogens (tertiary/aromatic N) is 1. The van der Waals surface area contributed by atoms with Gasteiger partial charge in [0.05, 0.1) is 0 Å². The van der Waals surface area contributed by atoms with Gasteiger partial charge in [-0.3, -0.25) is 0 Å². The molecule has 9 heavy (non-hydrogen) atoms. The Labute approximate surface area is 56.2 Å². The van der Waals surface area contributed by atoms with Crippen LogP contribution in [-0.2, 0) is 0 Å². The van der Waals surface area contributed by atoms with Gasteiger partial charge in [-0.1, -0.05) is 0 Å². The predicted molar refractivity (Wildman–Crippen MR) is 37.4 cm³/mol. The third kappa shape index (κ3) is 0.775. The number of hydrogen-bond donors (Lipinski definition) is 1. The van der Waals surface area contributed by atoms with Crippen LogP contribution >= 0.6 is 0 Å². The Kier molecular flexibility index (Phi) is 1.24. The molecule has 2 aliphatic heterocycles. The maximum Gasteiger partial charge on any atom is 0.0258 e. The summed E-state index contributed by atoms with van der Waals surface area (Å²) >= 11 is 0. The molecule has 2 nitrogen and oxygen atoms in total. The lowest BCUT2D eigenvalue weighted by Crippen LogP contribution is -2.30. The van der Waals surface area contributed by atoms with E-state index in [1.54, 1.807) is 0 Å². The summed E-state index contributed by atoms with van der Waals surface area (Å²) in [5, 5.41) is 3.41. The van der Waals surface area contributed by atoms with Gasteiger partial charge in [0.1, 0.15) is 0 Å². The van der Waals surface area contributed by atoms with Gasteiger partial charge in [0, 0.05) is 12.6 Å². The average molecular weight is 126 g/mol. The monoisotopic (exact) mass is 126 g/mol. The van der Waals surface area contributed by atoms with Crippen molar-refractivity contribution in [1.82, 2.24) is 10.2 Å². The molecule has 2 saturated heterocycles. The van der Waals surface area contributed by atoms with Crippen molar-refractivity contribution in [2.45, 2.75) is 12.5 Å². The van der Waals surface area contributed by atoms with E-state index in [2.05, 4.69) is 17.3 Å². The first-order valence-electron chi connectivity index (χ1n) is 3.79. The number of fused-ring (bicyclic) bond motifs is 1. The van der Waals surface area contributed by atoms with Gasteiger partial charge < -0.3 is 10.2 Å². The molecule has 2 heterocycles. The zero-order valence-electron chi connectivity index (χ0n) is 5.93. The molecular formula is C7H14N2. The molecule has 0 radical (unpaired) electrons. The SMILES string of the molecule is CN1CC[C@@H]2CNCC21. The topological polar surface area (TPSA) is 15.3 Å². The molecule has 2 fully saturated rings. The summed E-state index contributed by atoms with van der Waals surface area (Å²) in [5.74, 6) is 0.968. The lowest BCUT2D eigenvalue weighted by atomic mass is 10.1. The highest BCUT2D eigenvalue weighted by atomic mass is 15.2. The fraction of sp³-hybridized carbons (Fsp3) is 1.00. The van der Waals surface area contributed by atoms with Crippen LogP contribution in [-0.4, -0.2) is 37.6 Å². The van der Waals surface area contributed by atoms with Crippen LogP contribution in [0, 0.1) is 5.92 Å². The van der Waals surface area contributed by atoms with Gasteiger partial charge in [-0.05, 0) is 32.5 Å². The third-order valence-corrected chi connectivity index (χ3v) is 2.72. The van der Waals surface area contributed by atoms with Crippen molar-refractivity contribution in [2.24, 2.45) is 5.92 Å². The summed E-state index contributed by atoms with van der Waals surface area (Å²) in [7, 11) is 2.23. The van der Waals surface area contributed by atoms with Gasteiger partial charge >= 0.3 is 0 Å². The minimum absolute atomic E-state index is 0.866. The lowest BCUT2D eigenvalue weighted by molar-refractivity contribution is 0.308. The molecule has 2 atom stereocenters. The summed E-state index contributed by atoms with van der Waals surface area (Å²) in [6, 6.07) is 0.866. The van der Waals surface area contributed by atoms with E-state index in [-0.39, 0.29) is 0 Å². The maximum absolute atomic E-state index is 3.41. The van der Waals surface area contributed by atoms with Crippen LogP contribution in [0.25, 0.3) is 0 Å². The molecule has 2 heteroatoms. The van der Waals surface area contributed by atoms with Crippen LogP contribution in [0.5, 0.6) is 0 Å². The fourth-order valence-electron chi connectivity index (χ4n) is 2.06. The Morgan fingerprint density at radius 2 is 2.33 bits per heavy atom. The minimum atomic E-state index is 0.866. The van der Waals surface area contributed by atoms with Crippen LogP contribution in [0.3, 0.4) is 0 Å². The Hall–Kier alpha value is -0.0800. The number of hydrogen-bond acceptors (Lipinski definition) is 2. The molecular weight excluding hydrogens is 112 g/mol. The number of likely N-dealkylation sites (N-methyl/N-ethyl adjacent to an activating group) is 1. The molecule has 0 saturated carbocycles. The van der Waals surface area contributed by atoms with Crippen molar-refractivity contribution in [2.75, 3.05) is 26.7 Å². The Bertz CT molecular complexity index is 113. The van der Waals surface area contributed by atoms with E-state index in [4.69, 9.17) is 0 Å². The maximum atomic E-state index is 3.41. The highest BCUT2D eigenvalue weighted by Crippen LogP contribution is 2.24. The second-order valence-electron chi connectivity index (χ2n) is 3.25. The van der Waals surface area contributed by atoms with Crippen molar-refractivity contribution in [3.05, 3.63) is 0 Å². The summed E-state index contributed by atoms with van der Waals surface area (Å²) in [6.45, 7) is 3.80. The molecule has 1 N–H and O–H groups in total. The van der Waals surface area contributed by atoms with Crippen LogP contribution in [0.15, 0.2) is 0 Å². The van der Waals surface area contributed by atoms with Crippen molar-refractivity contribution in [1.29, 1.82) is 0 Å². The molecule has 0 bridgehead atoms. The third-order valence-electron chi connectivity index (χ3n) is 2.72. The molecule has 0 aromatic heterocycles. The van der Waals surface area contributed by atoms with Gasteiger partial charge in [-0.25, -0.2) is 0 Å². The van der Waals surface area contributed by atoms with E-state index in [9.17, 15) is 0 Å². The number of likely N-dealkylation sites (tertiary alicyclic amines) is 1. The van der Waals surface area contributed by atoms with Crippen molar-refractivity contribution >= 4 is 0 Å². The lowest BCUT2D eigenvalue weighted by Gasteiger charge is -2.16. The fourth-order valence-corrected chi connectivity index (χ4v) is 2.06. The first kappa shape index (κ1) is 5.69. The highest BCUT2D eigenvalue weighted by molar-refractivity contribution is 4.92. The minimum Gasteiger partial charge on any atom is -0.315 e. The molecule has 0 aromatic carbocycles. The number of nitrogens with one attached hydrogen (secondary N) is 1. The molecule has 2 aliphatic rings. The molecule has 1 unspecified atom stereocenters. The van der Waals surface area contributed by atoms with Crippen LogP contribution in [0.2, 0.25) is 0 Å². The first-order valence-corrected chi connectivity index (χ1v) is 3.79. The summed E-state index contributed by atoms with van der Waals surface area (Å²) < 4.78 is 0. The van der Waals surface area contributed by atoms with Crippen LogP contribution in [0.4, 0.5) is 0 Å². The zero-order chi connectivity index (χ0) is 6.27. The van der Waals surface area contributed by atoms with Crippen molar-refractivity contribution in [3.8, 4) is 0 Å². The van der Waals surface area contributed by atoms with E-state index < -0.39 is 0 Å².